The standard InChI is InChI=1S/C24H24N4O3S/c25-13-18-6-8-20(9-7-18)26-23(30)21-15-32-16-28(21)24(31)19-12-22(29)27(14-19)11-10-17-4-2-1-3-5-17/h1-9,19,21H,10-12,14-16H2,(H,26,30). The number of anilines is 1. The molecular formula is C24H24N4O3S. The van der Waals surface area contributed by atoms with Gasteiger partial charge in [0, 0.05) is 31.0 Å². The lowest BCUT2D eigenvalue weighted by Gasteiger charge is -2.26. The zero-order valence-electron chi connectivity index (χ0n) is 17.6. The van der Waals surface area contributed by atoms with Crippen LogP contribution in [0.1, 0.15) is 17.5 Å². The van der Waals surface area contributed by atoms with Crippen LogP contribution in [0.15, 0.2) is 54.6 Å². The van der Waals surface area contributed by atoms with E-state index in [1.54, 1.807) is 34.1 Å². The van der Waals surface area contributed by atoms with E-state index < -0.39 is 12.0 Å². The summed E-state index contributed by atoms with van der Waals surface area (Å²) in [5, 5.41) is 11.7. The van der Waals surface area contributed by atoms with E-state index >= 15 is 0 Å². The van der Waals surface area contributed by atoms with Gasteiger partial charge < -0.3 is 15.1 Å². The number of rotatable bonds is 6. The molecule has 2 aromatic rings. The van der Waals surface area contributed by atoms with Crippen molar-refractivity contribution < 1.29 is 14.4 Å². The summed E-state index contributed by atoms with van der Waals surface area (Å²) in [4.78, 5) is 41.8. The molecule has 2 saturated heterocycles. The Balaban J connectivity index is 1.35. The average Bonchev–Trinajstić information content (AvgIpc) is 3.45. The number of hydrogen-bond acceptors (Lipinski definition) is 5. The van der Waals surface area contributed by atoms with Crippen molar-refractivity contribution in [1.82, 2.24) is 9.80 Å². The first-order chi connectivity index (χ1) is 15.5. The molecule has 2 unspecified atom stereocenters. The van der Waals surface area contributed by atoms with Crippen LogP contribution >= 0.6 is 11.8 Å². The topological polar surface area (TPSA) is 93.5 Å². The molecule has 2 heterocycles. The Morgan fingerprint density at radius 1 is 1.12 bits per heavy atom. The molecule has 2 aromatic carbocycles. The van der Waals surface area contributed by atoms with Gasteiger partial charge in [-0.25, -0.2) is 0 Å². The monoisotopic (exact) mass is 448 g/mol. The van der Waals surface area contributed by atoms with Gasteiger partial charge in [0.2, 0.25) is 17.7 Å². The van der Waals surface area contributed by atoms with Crippen LogP contribution in [0.4, 0.5) is 5.69 Å². The Morgan fingerprint density at radius 2 is 1.88 bits per heavy atom. The van der Waals surface area contributed by atoms with Gasteiger partial charge in [0.1, 0.15) is 6.04 Å². The van der Waals surface area contributed by atoms with E-state index in [-0.39, 0.29) is 24.1 Å². The SMILES string of the molecule is N#Cc1ccc(NC(=O)C2CSCN2C(=O)C2CC(=O)N(CCc3ccccc3)C2)cc1. The van der Waals surface area contributed by atoms with Crippen molar-refractivity contribution in [3.63, 3.8) is 0 Å². The molecule has 8 heteroatoms. The van der Waals surface area contributed by atoms with E-state index in [4.69, 9.17) is 5.26 Å². The molecule has 2 aliphatic rings. The predicted molar refractivity (Wildman–Crippen MR) is 123 cm³/mol. The minimum atomic E-state index is -0.573. The average molecular weight is 449 g/mol. The van der Waals surface area contributed by atoms with Crippen LogP contribution in [0, 0.1) is 17.2 Å². The molecule has 0 spiro atoms. The van der Waals surface area contributed by atoms with Crippen LogP contribution in [0.25, 0.3) is 0 Å². The van der Waals surface area contributed by atoms with Gasteiger partial charge in [-0.15, -0.1) is 11.8 Å². The van der Waals surface area contributed by atoms with E-state index in [0.29, 0.717) is 36.0 Å². The number of likely N-dealkylation sites (tertiary alicyclic amines) is 1. The van der Waals surface area contributed by atoms with Crippen molar-refractivity contribution in [2.75, 3.05) is 30.0 Å². The maximum atomic E-state index is 13.2. The van der Waals surface area contributed by atoms with Crippen molar-refractivity contribution in [3.05, 3.63) is 65.7 Å². The molecule has 2 aliphatic heterocycles. The van der Waals surface area contributed by atoms with Gasteiger partial charge in [-0.3, -0.25) is 14.4 Å². The molecule has 0 aromatic heterocycles. The lowest BCUT2D eigenvalue weighted by molar-refractivity contribution is -0.139. The minimum Gasteiger partial charge on any atom is -0.342 e. The van der Waals surface area contributed by atoms with Crippen LogP contribution < -0.4 is 5.32 Å². The number of carbonyl (C=O) groups excluding carboxylic acids is 3. The Labute approximate surface area is 191 Å². The fourth-order valence-corrected chi connectivity index (χ4v) is 5.19. The molecule has 0 bridgehead atoms. The third-order valence-electron chi connectivity index (χ3n) is 5.83. The maximum absolute atomic E-state index is 13.2. The van der Waals surface area contributed by atoms with Gasteiger partial charge in [0.05, 0.1) is 23.4 Å². The van der Waals surface area contributed by atoms with Crippen molar-refractivity contribution in [2.45, 2.75) is 18.9 Å². The molecule has 32 heavy (non-hydrogen) atoms. The van der Waals surface area contributed by atoms with Crippen molar-refractivity contribution in [1.29, 1.82) is 5.26 Å². The van der Waals surface area contributed by atoms with E-state index in [2.05, 4.69) is 5.32 Å². The Morgan fingerprint density at radius 3 is 2.59 bits per heavy atom. The van der Waals surface area contributed by atoms with Crippen LogP contribution in [0.3, 0.4) is 0 Å². The van der Waals surface area contributed by atoms with Crippen molar-refractivity contribution in [2.24, 2.45) is 5.92 Å². The van der Waals surface area contributed by atoms with Gasteiger partial charge in [-0.2, -0.15) is 5.26 Å². The Hall–Kier alpha value is -3.31. The highest BCUT2D eigenvalue weighted by molar-refractivity contribution is 7.99. The molecule has 2 fully saturated rings. The first-order valence-electron chi connectivity index (χ1n) is 10.6. The number of hydrogen-bond donors (Lipinski definition) is 1. The highest BCUT2D eigenvalue weighted by Gasteiger charge is 2.42. The number of benzene rings is 2. The zero-order valence-corrected chi connectivity index (χ0v) is 18.4. The number of nitriles is 1. The summed E-state index contributed by atoms with van der Waals surface area (Å²) in [6.07, 6.45) is 0.946. The van der Waals surface area contributed by atoms with Gasteiger partial charge in [-0.1, -0.05) is 30.3 Å². The minimum absolute atomic E-state index is 0.00952. The zero-order chi connectivity index (χ0) is 22.5. The summed E-state index contributed by atoms with van der Waals surface area (Å²) in [7, 11) is 0. The molecule has 7 nitrogen and oxygen atoms in total. The first kappa shape index (κ1) is 21.9. The molecule has 3 amide bonds. The largest absolute Gasteiger partial charge is 0.342 e. The van der Waals surface area contributed by atoms with E-state index in [1.807, 2.05) is 36.4 Å². The van der Waals surface area contributed by atoms with Crippen LogP contribution in [-0.2, 0) is 20.8 Å². The van der Waals surface area contributed by atoms with Gasteiger partial charge in [0.25, 0.3) is 0 Å². The van der Waals surface area contributed by atoms with Crippen LogP contribution in [0.2, 0.25) is 0 Å². The number of thioether (sulfide) groups is 1. The third kappa shape index (κ3) is 4.94. The summed E-state index contributed by atoms with van der Waals surface area (Å²) >= 11 is 1.53. The predicted octanol–water partition coefficient (Wildman–Crippen LogP) is 2.49. The Kier molecular flexibility index (Phi) is 6.76. The molecule has 0 saturated carbocycles. The smallest absolute Gasteiger partial charge is 0.248 e. The van der Waals surface area contributed by atoms with Gasteiger partial charge in [0.15, 0.2) is 0 Å². The molecule has 4 rings (SSSR count). The van der Waals surface area contributed by atoms with Gasteiger partial charge >= 0.3 is 0 Å². The summed E-state index contributed by atoms with van der Waals surface area (Å²) in [5.74, 6) is 0.154. The second-order valence-corrected chi connectivity index (χ2v) is 8.98. The fourth-order valence-electron chi connectivity index (χ4n) is 4.03. The van der Waals surface area contributed by atoms with E-state index in [1.165, 1.54) is 11.8 Å². The fraction of sp³-hybridized carbons (Fsp3) is 0.333. The molecular weight excluding hydrogens is 424 g/mol. The number of carbonyl (C=O) groups is 3. The molecule has 1 N–H and O–H groups in total. The van der Waals surface area contributed by atoms with Crippen molar-refractivity contribution >= 4 is 35.2 Å². The van der Waals surface area contributed by atoms with E-state index in [9.17, 15) is 14.4 Å². The summed E-state index contributed by atoms with van der Waals surface area (Å²) in [6, 6.07) is 18.0. The lowest BCUT2D eigenvalue weighted by Crippen LogP contribution is -2.47. The van der Waals surface area contributed by atoms with Crippen LogP contribution in [0.5, 0.6) is 0 Å². The quantitative estimate of drug-likeness (QED) is 0.733. The normalized spacial score (nSPS) is 20.3. The Bertz CT molecular complexity index is 1040. The molecule has 0 aliphatic carbocycles. The van der Waals surface area contributed by atoms with Crippen LogP contribution in [-0.4, -0.2) is 58.3 Å². The number of nitrogens with zero attached hydrogens (tertiary/aromatic N) is 3. The summed E-state index contributed by atoms with van der Waals surface area (Å²) in [6.45, 7) is 0.986. The molecule has 0 radical (unpaired) electrons. The number of amides is 3. The maximum Gasteiger partial charge on any atom is 0.248 e. The van der Waals surface area contributed by atoms with Crippen molar-refractivity contribution in [3.8, 4) is 6.07 Å². The molecule has 164 valence electrons. The highest BCUT2D eigenvalue weighted by atomic mass is 32.2. The third-order valence-corrected chi connectivity index (χ3v) is 6.84. The molecule has 2 atom stereocenters. The van der Waals surface area contributed by atoms with E-state index in [0.717, 1.165) is 12.0 Å². The summed E-state index contributed by atoms with van der Waals surface area (Å²) < 4.78 is 0. The highest BCUT2D eigenvalue weighted by Crippen LogP contribution is 2.28. The van der Waals surface area contributed by atoms with Gasteiger partial charge in [-0.05, 0) is 36.2 Å². The lowest BCUT2D eigenvalue weighted by atomic mass is 10.1. The second-order valence-electron chi connectivity index (χ2n) is 7.98. The summed E-state index contributed by atoms with van der Waals surface area (Å²) in [5.41, 5.74) is 2.26. The second kappa shape index (κ2) is 9.88. The first-order valence-corrected chi connectivity index (χ1v) is 11.7. The number of nitrogens with one attached hydrogen (secondary N) is 1.